The van der Waals surface area contributed by atoms with E-state index in [4.69, 9.17) is 16.2 Å². The smallest absolute Gasteiger partial charge is 0.225 e. The van der Waals surface area contributed by atoms with Crippen molar-refractivity contribution >= 4 is 11.8 Å². The van der Waals surface area contributed by atoms with Crippen LogP contribution in [0.2, 0.25) is 0 Å². The summed E-state index contributed by atoms with van der Waals surface area (Å²) in [4.78, 5) is 14.6. The normalized spacial score (nSPS) is 19.6. The Kier molecular flexibility index (Phi) is 4.04. The lowest BCUT2D eigenvalue weighted by Crippen LogP contribution is -2.44. The topological polar surface area (TPSA) is 103 Å². The average Bonchev–Trinajstić information content (AvgIpc) is 2.84. The van der Waals surface area contributed by atoms with Gasteiger partial charge in [-0.25, -0.2) is 0 Å². The number of hydrogen-bond donors (Lipinski definition) is 2. The molecule has 2 aromatic heterocycles. The summed E-state index contributed by atoms with van der Waals surface area (Å²) in [6.07, 6.45) is 4.30. The third-order valence-corrected chi connectivity index (χ3v) is 4.07. The largest absolute Gasteiger partial charge is 0.469 e. The second-order valence-corrected chi connectivity index (χ2v) is 6.14. The summed E-state index contributed by atoms with van der Waals surface area (Å²) >= 11 is 0. The first-order chi connectivity index (χ1) is 11.0. The minimum atomic E-state index is -0.387. The molecule has 0 saturated carbocycles. The fraction of sp³-hybridized carbons (Fsp3) is 0.438. The van der Waals surface area contributed by atoms with Crippen molar-refractivity contribution < 1.29 is 4.74 Å². The van der Waals surface area contributed by atoms with E-state index in [1.807, 2.05) is 24.5 Å². The maximum atomic E-state index is 6.06. The number of rotatable bonds is 5. The Hall–Kier alpha value is -2.41. The van der Waals surface area contributed by atoms with E-state index in [2.05, 4.69) is 33.7 Å². The van der Waals surface area contributed by atoms with Crippen LogP contribution >= 0.6 is 0 Å². The van der Waals surface area contributed by atoms with Crippen LogP contribution in [0.25, 0.3) is 0 Å². The Labute approximate surface area is 135 Å². The molecule has 2 aromatic rings. The zero-order valence-electron chi connectivity index (χ0n) is 13.5. The highest BCUT2D eigenvalue weighted by atomic mass is 16.5. The predicted octanol–water partition coefficient (Wildman–Crippen LogP) is 1.25. The first-order valence-corrected chi connectivity index (χ1v) is 7.71. The summed E-state index contributed by atoms with van der Waals surface area (Å²) in [5.41, 5.74) is 13.3. The number of aromatic nitrogens is 3. The summed E-state index contributed by atoms with van der Waals surface area (Å²) in [5.74, 6) is 1.07. The highest BCUT2D eigenvalue weighted by Gasteiger charge is 2.39. The number of pyridine rings is 1. The van der Waals surface area contributed by atoms with Gasteiger partial charge in [0.05, 0.1) is 5.56 Å². The lowest BCUT2D eigenvalue weighted by atomic mass is 9.99. The maximum absolute atomic E-state index is 6.06. The molecule has 4 N–H and O–H groups in total. The Balaban J connectivity index is 1.73. The molecular weight excluding hydrogens is 292 g/mol. The molecule has 1 atom stereocenters. The van der Waals surface area contributed by atoms with Gasteiger partial charge >= 0.3 is 0 Å². The second kappa shape index (κ2) is 6.00. The molecule has 1 aliphatic rings. The summed E-state index contributed by atoms with van der Waals surface area (Å²) in [7, 11) is 0. The molecule has 3 rings (SSSR count). The number of likely N-dealkylation sites (N-methyl/N-ethyl adjacent to an activating group) is 1. The molecule has 0 spiro atoms. The van der Waals surface area contributed by atoms with Crippen LogP contribution in [0.1, 0.15) is 25.0 Å². The molecule has 0 aliphatic carbocycles. The van der Waals surface area contributed by atoms with E-state index in [-0.39, 0.29) is 11.5 Å². The Bertz CT molecular complexity index is 692. The van der Waals surface area contributed by atoms with Crippen LogP contribution in [0, 0.1) is 0 Å². The summed E-state index contributed by atoms with van der Waals surface area (Å²) < 4.78 is 6.06. The Morgan fingerprint density at radius 3 is 2.70 bits per heavy atom. The lowest BCUT2D eigenvalue weighted by molar-refractivity contribution is 0.0591. The first kappa shape index (κ1) is 15.5. The van der Waals surface area contributed by atoms with Crippen molar-refractivity contribution in [1.82, 2.24) is 19.9 Å². The summed E-state index contributed by atoms with van der Waals surface area (Å²) in [5, 5.41) is 0. The number of fused-ring (bicyclic) bond motifs is 1. The van der Waals surface area contributed by atoms with E-state index in [1.165, 1.54) is 5.56 Å². The third-order valence-electron chi connectivity index (χ3n) is 4.07. The molecule has 1 unspecified atom stereocenters. The van der Waals surface area contributed by atoms with Crippen molar-refractivity contribution in [2.75, 3.05) is 24.6 Å². The van der Waals surface area contributed by atoms with Gasteiger partial charge in [0.1, 0.15) is 11.4 Å². The van der Waals surface area contributed by atoms with E-state index in [0.717, 1.165) is 25.2 Å². The van der Waals surface area contributed by atoms with E-state index in [0.29, 0.717) is 18.1 Å². The molecule has 7 heteroatoms. The first-order valence-electron chi connectivity index (χ1n) is 7.71. The van der Waals surface area contributed by atoms with Gasteiger partial charge in [0.2, 0.25) is 11.8 Å². The van der Waals surface area contributed by atoms with Gasteiger partial charge in [-0.3, -0.25) is 9.88 Å². The van der Waals surface area contributed by atoms with Crippen LogP contribution in [-0.2, 0) is 13.0 Å². The van der Waals surface area contributed by atoms with Crippen molar-refractivity contribution in [1.29, 1.82) is 0 Å². The van der Waals surface area contributed by atoms with E-state index in [9.17, 15) is 0 Å². The molecule has 1 aliphatic heterocycles. The van der Waals surface area contributed by atoms with Gasteiger partial charge in [0.15, 0.2) is 0 Å². The van der Waals surface area contributed by atoms with Gasteiger partial charge in [-0.1, -0.05) is 6.92 Å². The highest BCUT2D eigenvalue weighted by Crippen LogP contribution is 2.37. The van der Waals surface area contributed by atoms with Gasteiger partial charge in [-0.15, -0.1) is 0 Å². The van der Waals surface area contributed by atoms with Crippen molar-refractivity contribution in [2.24, 2.45) is 0 Å². The quantitative estimate of drug-likeness (QED) is 0.856. The van der Waals surface area contributed by atoms with Gasteiger partial charge in [0, 0.05) is 31.9 Å². The fourth-order valence-corrected chi connectivity index (χ4v) is 2.98. The average molecular weight is 314 g/mol. The number of nitrogen functional groups attached to an aromatic ring is 2. The molecule has 23 heavy (non-hydrogen) atoms. The molecule has 0 fully saturated rings. The molecule has 0 amide bonds. The molecule has 0 bridgehead atoms. The zero-order valence-corrected chi connectivity index (χ0v) is 13.5. The van der Waals surface area contributed by atoms with Crippen molar-refractivity contribution in [3.8, 4) is 5.88 Å². The standard InChI is InChI=1S/C16H22N6O/c1-3-22(9-11-4-6-19-7-5-11)10-16(2)8-12-13(17)20-15(18)21-14(12)23-16/h4-7H,3,8-10H2,1-2H3,(H4,17,18,20,21). The van der Waals surface area contributed by atoms with Crippen LogP contribution in [-0.4, -0.2) is 38.5 Å². The minimum Gasteiger partial charge on any atom is -0.469 e. The maximum Gasteiger partial charge on any atom is 0.225 e. The third kappa shape index (κ3) is 3.34. The highest BCUT2D eigenvalue weighted by molar-refractivity contribution is 5.52. The number of hydrogen-bond acceptors (Lipinski definition) is 7. The van der Waals surface area contributed by atoms with Crippen molar-refractivity contribution in [3.63, 3.8) is 0 Å². The van der Waals surface area contributed by atoms with E-state index < -0.39 is 0 Å². The van der Waals surface area contributed by atoms with Crippen LogP contribution in [0.3, 0.4) is 0 Å². The summed E-state index contributed by atoms with van der Waals surface area (Å²) in [6, 6.07) is 4.05. The van der Waals surface area contributed by atoms with Crippen LogP contribution in [0.5, 0.6) is 5.88 Å². The zero-order chi connectivity index (χ0) is 16.4. The predicted molar refractivity (Wildman–Crippen MR) is 88.8 cm³/mol. The second-order valence-electron chi connectivity index (χ2n) is 6.14. The molecule has 3 heterocycles. The minimum absolute atomic E-state index is 0.148. The number of ether oxygens (including phenoxy) is 1. The van der Waals surface area contributed by atoms with Crippen LogP contribution in [0.4, 0.5) is 11.8 Å². The van der Waals surface area contributed by atoms with Crippen molar-refractivity contribution in [2.45, 2.75) is 32.4 Å². The van der Waals surface area contributed by atoms with Gasteiger partial charge in [-0.2, -0.15) is 9.97 Å². The van der Waals surface area contributed by atoms with Gasteiger partial charge < -0.3 is 16.2 Å². The van der Waals surface area contributed by atoms with Gasteiger partial charge in [-0.05, 0) is 31.2 Å². The Morgan fingerprint density at radius 2 is 2.00 bits per heavy atom. The number of nitrogens with zero attached hydrogens (tertiary/aromatic N) is 4. The van der Waals surface area contributed by atoms with Gasteiger partial charge in [0.25, 0.3) is 0 Å². The van der Waals surface area contributed by atoms with Crippen molar-refractivity contribution in [3.05, 3.63) is 35.7 Å². The molecule has 0 radical (unpaired) electrons. The lowest BCUT2D eigenvalue weighted by Gasteiger charge is -2.31. The molecule has 0 saturated heterocycles. The number of anilines is 2. The van der Waals surface area contributed by atoms with Crippen LogP contribution in [0.15, 0.2) is 24.5 Å². The Morgan fingerprint density at radius 1 is 1.26 bits per heavy atom. The van der Waals surface area contributed by atoms with E-state index >= 15 is 0 Å². The molecular formula is C16H22N6O. The SMILES string of the molecule is CCN(Cc1ccncc1)CC1(C)Cc2c(N)nc(N)nc2O1. The molecule has 7 nitrogen and oxygen atoms in total. The summed E-state index contributed by atoms with van der Waals surface area (Å²) in [6.45, 7) is 6.73. The monoisotopic (exact) mass is 314 g/mol. The molecule has 122 valence electrons. The molecule has 0 aromatic carbocycles. The van der Waals surface area contributed by atoms with Crippen LogP contribution < -0.4 is 16.2 Å². The number of nitrogens with two attached hydrogens (primary N) is 2. The fourth-order valence-electron chi connectivity index (χ4n) is 2.98. The van der Waals surface area contributed by atoms with E-state index in [1.54, 1.807) is 0 Å².